The van der Waals surface area contributed by atoms with E-state index in [1.54, 1.807) is 43.3 Å². The zero-order valence-corrected chi connectivity index (χ0v) is 25.6. The molecule has 4 aromatic rings. The summed E-state index contributed by atoms with van der Waals surface area (Å²) in [5, 5.41) is 13.4. The van der Waals surface area contributed by atoms with E-state index in [1.807, 2.05) is 0 Å². The highest BCUT2D eigenvalue weighted by atomic mass is 32.2. The molecule has 15 heteroatoms. The molecule has 2 aliphatic rings. The topological polar surface area (TPSA) is 178 Å². The Morgan fingerprint density at radius 3 is 2.41 bits per heavy atom. The minimum atomic E-state index is -0.928. The molecule has 0 radical (unpaired) electrons. The third-order valence-corrected chi connectivity index (χ3v) is 9.84. The SMILES string of the molecule is CCOC(=O)c1ccc(NC(=O)COc2ccccc2[C@@H]2c3sc(=O)[nH]c3S[C@H]3C(=O)N(c4ccc([N+](=O)[O-])cc4)C(=O)[C@@H]23)cc1. The van der Waals surface area contributed by atoms with Crippen molar-refractivity contribution in [3.63, 3.8) is 0 Å². The second kappa shape index (κ2) is 12.6. The average Bonchev–Trinajstić information content (AvgIpc) is 3.54. The van der Waals surface area contributed by atoms with Crippen LogP contribution in [0.5, 0.6) is 5.75 Å². The van der Waals surface area contributed by atoms with E-state index in [1.165, 1.54) is 36.4 Å². The molecular weight excluding hydrogens is 636 g/mol. The van der Waals surface area contributed by atoms with Gasteiger partial charge in [0.1, 0.15) is 11.0 Å². The smallest absolute Gasteiger partial charge is 0.338 e. The minimum absolute atomic E-state index is 0.184. The maximum atomic E-state index is 14.0. The molecule has 3 amide bonds. The monoisotopic (exact) mass is 660 g/mol. The summed E-state index contributed by atoms with van der Waals surface area (Å²) in [4.78, 5) is 79.4. The molecule has 13 nitrogen and oxygen atoms in total. The number of aromatic amines is 1. The number of rotatable bonds is 9. The number of aromatic nitrogens is 1. The van der Waals surface area contributed by atoms with Gasteiger partial charge in [0, 0.05) is 34.2 Å². The molecule has 46 heavy (non-hydrogen) atoms. The predicted molar refractivity (Wildman–Crippen MR) is 168 cm³/mol. The number of esters is 1. The van der Waals surface area contributed by atoms with Gasteiger partial charge in [0.2, 0.25) is 11.8 Å². The number of thiazole rings is 1. The van der Waals surface area contributed by atoms with Crippen LogP contribution in [0.4, 0.5) is 17.1 Å². The van der Waals surface area contributed by atoms with Crippen LogP contribution in [-0.4, -0.2) is 52.1 Å². The average molecular weight is 661 g/mol. The number of thioether (sulfide) groups is 1. The van der Waals surface area contributed by atoms with E-state index in [9.17, 15) is 34.1 Å². The fraction of sp³-hybridized carbons (Fsp3) is 0.194. The number of carbonyl (C=O) groups excluding carboxylic acids is 4. The van der Waals surface area contributed by atoms with Crippen LogP contribution in [-0.2, 0) is 19.1 Å². The van der Waals surface area contributed by atoms with Crippen LogP contribution in [0.3, 0.4) is 0 Å². The molecule has 6 rings (SSSR count). The second-order valence-corrected chi connectivity index (χ2v) is 12.4. The summed E-state index contributed by atoms with van der Waals surface area (Å²) in [5.74, 6) is -3.40. The standard InChI is InChI=1S/C31H24N4O9S2/c1-2-43-30(39)16-7-9-17(10-8-16)32-22(36)15-44-21-6-4-3-5-20(21)23-24-26(45-27-25(23)46-31(40)33-27)29(38)34(28(24)37)18-11-13-19(14-12-18)35(41)42/h3-14,23-24,26H,2,15H2,1H3,(H,32,36)(H,33,40)/t23-,24-,26+/m0/s1. The number of nitrogens with zero attached hydrogens (tertiary/aromatic N) is 2. The Morgan fingerprint density at radius 1 is 1.00 bits per heavy atom. The number of ether oxygens (including phenoxy) is 2. The van der Waals surface area contributed by atoms with E-state index in [4.69, 9.17) is 9.47 Å². The van der Waals surface area contributed by atoms with E-state index in [0.717, 1.165) is 28.0 Å². The molecule has 0 bridgehead atoms. The Morgan fingerprint density at radius 2 is 1.72 bits per heavy atom. The highest BCUT2D eigenvalue weighted by molar-refractivity contribution is 8.00. The fourth-order valence-electron chi connectivity index (χ4n) is 5.44. The Kier molecular flexibility index (Phi) is 8.42. The highest BCUT2D eigenvalue weighted by Crippen LogP contribution is 2.54. The number of non-ortho nitro benzene ring substituents is 1. The molecule has 0 unspecified atom stereocenters. The summed E-state index contributed by atoms with van der Waals surface area (Å²) in [6, 6.07) is 18.1. The van der Waals surface area contributed by atoms with Crippen LogP contribution in [0.25, 0.3) is 0 Å². The number of hydrogen-bond donors (Lipinski definition) is 2. The molecule has 0 aliphatic carbocycles. The third kappa shape index (κ3) is 5.77. The van der Waals surface area contributed by atoms with Crippen molar-refractivity contribution in [1.29, 1.82) is 0 Å². The van der Waals surface area contributed by atoms with Gasteiger partial charge in [0.05, 0.1) is 33.7 Å². The number of benzene rings is 3. The molecule has 2 N–H and O–H groups in total. The van der Waals surface area contributed by atoms with Crippen molar-refractivity contribution >= 4 is 63.9 Å². The number of nitro benzene ring substituents is 1. The molecule has 3 aromatic carbocycles. The molecule has 1 aromatic heterocycles. The minimum Gasteiger partial charge on any atom is -0.483 e. The number of nitro groups is 1. The molecule has 0 saturated carbocycles. The summed E-state index contributed by atoms with van der Waals surface area (Å²) in [6.45, 7) is 1.55. The van der Waals surface area contributed by atoms with Crippen molar-refractivity contribution in [3.05, 3.63) is 109 Å². The van der Waals surface area contributed by atoms with Crippen molar-refractivity contribution in [2.24, 2.45) is 5.92 Å². The normalized spacial score (nSPS) is 18.5. The zero-order chi connectivity index (χ0) is 32.5. The fourth-order valence-corrected chi connectivity index (χ4v) is 7.95. The number of carbonyl (C=O) groups is 4. The van der Waals surface area contributed by atoms with Gasteiger partial charge in [0.15, 0.2) is 6.61 Å². The van der Waals surface area contributed by atoms with Gasteiger partial charge in [-0.05, 0) is 49.4 Å². The zero-order valence-electron chi connectivity index (χ0n) is 24.0. The van der Waals surface area contributed by atoms with Crippen molar-refractivity contribution in [1.82, 2.24) is 4.98 Å². The predicted octanol–water partition coefficient (Wildman–Crippen LogP) is 4.33. The highest BCUT2D eigenvalue weighted by Gasteiger charge is 2.56. The van der Waals surface area contributed by atoms with Gasteiger partial charge in [-0.1, -0.05) is 41.3 Å². The quantitative estimate of drug-likeness (QED) is 0.114. The first kappa shape index (κ1) is 30.7. The van der Waals surface area contributed by atoms with E-state index in [-0.39, 0.29) is 28.6 Å². The Labute approximate surface area is 268 Å². The number of nitrogens with one attached hydrogen (secondary N) is 2. The summed E-state index contributed by atoms with van der Waals surface area (Å²) in [6.07, 6.45) is 0. The van der Waals surface area contributed by atoms with Gasteiger partial charge in [-0.3, -0.25) is 29.3 Å². The Bertz CT molecular complexity index is 1920. The Balaban J connectivity index is 1.26. The summed E-state index contributed by atoms with van der Waals surface area (Å²) in [7, 11) is 0. The molecule has 3 heterocycles. The lowest BCUT2D eigenvalue weighted by molar-refractivity contribution is -0.384. The third-order valence-electron chi connectivity index (χ3n) is 7.44. The maximum absolute atomic E-state index is 14.0. The van der Waals surface area contributed by atoms with Gasteiger partial charge < -0.3 is 19.8 Å². The molecule has 0 spiro atoms. The van der Waals surface area contributed by atoms with Crippen LogP contribution in [0.15, 0.2) is 82.6 Å². The van der Waals surface area contributed by atoms with E-state index < -0.39 is 52.3 Å². The molecule has 2 aliphatic heterocycles. The lowest BCUT2D eigenvalue weighted by atomic mass is 9.82. The van der Waals surface area contributed by atoms with E-state index in [2.05, 4.69) is 10.3 Å². The number of H-pyrrole nitrogens is 1. The van der Waals surface area contributed by atoms with Crippen molar-refractivity contribution < 1.29 is 33.6 Å². The van der Waals surface area contributed by atoms with Gasteiger partial charge in [-0.2, -0.15) is 0 Å². The second-order valence-electron chi connectivity index (χ2n) is 10.2. The van der Waals surface area contributed by atoms with E-state index in [0.29, 0.717) is 26.7 Å². The van der Waals surface area contributed by atoms with Crippen LogP contribution in [0.1, 0.15) is 33.6 Å². The summed E-state index contributed by atoms with van der Waals surface area (Å²) >= 11 is 2.03. The number of hydrogen-bond acceptors (Lipinski definition) is 11. The van der Waals surface area contributed by atoms with Crippen LogP contribution < -0.4 is 19.8 Å². The lowest BCUT2D eigenvalue weighted by Crippen LogP contribution is -2.32. The lowest BCUT2D eigenvalue weighted by Gasteiger charge is -2.30. The van der Waals surface area contributed by atoms with Crippen LogP contribution >= 0.6 is 23.1 Å². The van der Waals surface area contributed by atoms with E-state index >= 15 is 0 Å². The van der Waals surface area contributed by atoms with Gasteiger partial charge in [0.25, 0.3) is 11.6 Å². The number of anilines is 2. The van der Waals surface area contributed by atoms with Gasteiger partial charge >= 0.3 is 10.8 Å². The number of fused-ring (bicyclic) bond motifs is 2. The van der Waals surface area contributed by atoms with Crippen molar-refractivity contribution in [2.75, 3.05) is 23.4 Å². The number of amides is 3. The van der Waals surface area contributed by atoms with Gasteiger partial charge in [-0.25, -0.2) is 9.69 Å². The summed E-state index contributed by atoms with van der Waals surface area (Å²) in [5.41, 5.74) is 1.30. The van der Waals surface area contributed by atoms with Crippen LogP contribution in [0, 0.1) is 16.0 Å². The molecule has 234 valence electrons. The van der Waals surface area contributed by atoms with Crippen LogP contribution in [0.2, 0.25) is 0 Å². The maximum Gasteiger partial charge on any atom is 0.338 e. The molecular formula is C31H24N4O9S2. The van der Waals surface area contributed by atoms with Crippen molar-refractivity contribution in [3.8, 4) is 5.75 Å². The largest absolute Gasteiger partial charge is 0.483 e. The molecule has 3 atom stereocenters. The first-order chi connectivity index (χ1) is 22.2. The first-order valence-electron chi connectivity index (χ1n) is 14.0. The molecule has 1 saturated heterocycles. The Hall–Kier alpha value is -5.28. The summed E-state index contributed by atoms with van der Waals surface area (Å²) < 4.78 is 10.9. The molecule has 1 fully saturated rings. The van der Waals surface area contributed by atoms with Crippen molar-refractivity contribution in [2.45, 2.75) is 23.1 Å². The first-order valence-corrected chi connectivity index (χ1v) is 15.7. The number of para-hydroxylation sites is 1. The van der Waals surface area contributed by atoms with Gasteiger partial charge in [-0.15, -0.1) is 0 Å². The number of imide groups is 1.